The van der Waals surface area contributed by atoms with Crippen molar-refractivity contribution < 1.29 is 13.9 Å². The van der Waals surface area contributed by atoms with Gasteiger partial charge in [0, 0.05) is 20.4 Å². The Kier molecular flexibility index (Phi) is 8.15. The molecule has 7 nitrogen and oxygen atoms in total. The maximum atomic E-state index is 13.7. The minimum atomic E-state index is -0.324. The Bertz CT molecular complexity index is 1990. The van der Waals surface area contributed by atoms with Crippen molar-refractivity contribution in [2.45, 2.75) is 13.5 Å². The summed E-state index contributed by atoms with van der Waals surface area (Å²) in [5.41, 5.74) is 2.52. The van der Waals surface area contributed by atoms with Gasteiger partial charge in [-0.25, -0.2) is 4.98 Å². The van der Waals surface area contributed by atoms with Gasteiger partial charge in [0.15, 0.2) is 17.3 Å². The number of benzene rings is 4. The van der Waals surface area contributed by atoms with Crippen LogP contribution >= 0.6 is 43.5 Å². The van der Waals surface area contributed by atoms with Crippen molar-refractivity contribution in [3.05, 3.63) is 120 Å². The average molecular weight is 708 g/mol. The Morgan fingerprint density at radius 1 is 0.976 bits per heavy atom. The van der Waals surface area contributed by atoms with Crippen LogP contribution in [0.4, 0.5) is 0 Å². The van der Waals surface area contributed by atoms with E-state index in [9.17, 15) is 4.79 Å². The van der Waals surface area contributed by atoms with Gasteiger partial charge in [0.2, 0.25) is 5.82 Å². The third-order valence-electron chi connectivity index (χ3n) is 6.46. The molecule has 0 fully saturated rings. The first-order valence-corrected chi connectivity index (χ1v) is 15.0. The summed E-state index contributed by atoms with van der Waals surface area (Å²) in [6, 6.07) is 25.9. The Morgan fingerprint density at radius 2 is 1.74 bits per heavy atom. The zero-order chi connectivity index (χ0) is 29.2. The zero-order valence-electron chi connectivity index (χ0n) is 22.2. The fraction of sp³-hybridized carbons (Fsp3) is 0.0938. The highest BCUT2D eigenvalue weighted by molar-refractivity contribution is 9.13. The van der Waals surface area contributed by atoms with Gasteiger partial charge in [-0.2, -0.15) is 9.78 Å². The molecule has 10 heteroatoms. The Hall–Kier alpha value is -3.92. The predicted octanol–water partition coefficient (Wildman–Crippen LogP) is 8.85. The number of ether oxygens (including phenoxy) is 2. The number of hydrogen-bond donors (Lipinski definition) is 0. The van der Waals surface area contributed by atoms with Gasteiger partial charge in [-0.15, -0.1) is 0 Å². The molecule has 2 aromatic heterocycles. The number of furan rings is 1. The highest BCUT2D eigenvalue weighted by Gasteiger charge is 2.19. The van der Waals surface area contributed by atoms with Gasteiger partial charge < -0.3 is 13.9 Å². The van der Waals surface area contributed by atoms with E-state index in [4.69, 9.17) is 30.5 Å². The maximum absolute atomic E-state index is 13.7. The van der Waals surface area contributed by atoms with Gasteiger partial charge in [-0.05, 0) is 86.8 Å². The normalized spacial score (nSPS) is 11.5. The van der Waals surface area contributed by atoms with E-state index < -0.39 is 0 Å². The fourth-order valence-electron chi connectivity index (χ4n) is 4.43. The van der Waals surface area contributed by atoms with E-state index in [0.29, 0.717) is 66.5 Å². The van der Waals surface area contributed by atoms with Crippen LogP contribution in [0.2, 0.25) is 5.02 Å². The molecule has 0 N–H and O–H groups in total. The molecule has 6 aromatic rings. The quantitative estimate of drug-likeness (QED) is 0.148. The molecule has 0 saturated carbocycles. The molecule has 0 bridgehead atoms. The van der Waals surface area contributed by atoms with Gasteiger partial charge in [0.05, 0.1) is 28.2 Å². The lowest BCUT2D eigenvalue weighted by Gasteiger charge is -2.16. The summed E-state index contributed by atoms with van der Waals surface area (Å²) in [5.74, 6) is 1.76. The molecule has 0 saturated heterocycles. The molecule has 2 heterocycles. The first kappa shape index (κ1) is 28.2. The number of nitrogens with zero attached hydrogens (tertiary/aromatic N) is 3. The second kappa shape index (κ2) is 12.1. The van der Waals surface area contributed by atoms with E-state index in [1.165, 1.54) is 4.68 Å². The first-order chi connectivity index (χ1) is 20.4. The van der Waals surface area contributed by atoms with Crippen LogP contribution in [0.1, 0.15) is 18.1 Å². The summed E-state index contributed by atoms with van der Waals surface area (Å²) < 4.78 is 20.7. The Balaban J connectivity index is 1.43. The van der Waals surface area contributed by atoms with Gasteiger partial charge in [0.25, 0.3) is 5.56 Å². The minimum absolute atomic E-state index is 0.286. The summed E-state index contributed by atoms with van der Waals surface area (Å²) in [7, 11) is 0. The minimum Gasteiger partial charge on any atom is -0.490 e. The third kappa shape index (κ3) is 5.60. The highest BCUT2D eigenvalue weighted by Crippen LogP contribution is 2.43. The van der Waals surface area contributed by atoms with Crippen molar-refractivity contribution in [1.82, 2.24) is 9.66 Å². The standard InChI is InChI=1S/C32H22Br2ClN3O4/c1-2-40-26-16-21(28(33)29(34)30(26)41-18-19-11-13-22(35)14-12-19)17-36-38-31(27-15-20-7-3-6-10-25(20)42-27)37-24-9-5-4-8-23(24)32(38)39/h3-17H,2,18H2,1H3. The van der Waals surface area contributed by atoms with Crippen LogP contribution in [0.25, 0.3) is 33.5 Å². The van der Waals surface area contributed by atoms with E-state index in [1.807, 2.05) is 67.6 Å². The van der Waals surface area contributed by atoms with E-state index >= 15 is 0 Å². The predicted molar refractivity (Wildman–Crippen MR) is 173 cm³/mol. The molecule has 0 spiro atoms. The summed E-state index contributed by atoms with van der Waals surface area (Å²) in [4.78, 5) is 18.4. The van der Waals surface area contributed by atoms with Gasteiger partial charge in [0.1, 0.15) is 12.2 Å². The van der Waals surface area contributed by atoms with E-state index in [-0.39, 0.29) is 11.4 Å². The molecule has 4 aromatic carbocycles. The summed E-state index contributed by atoms with van der Waals surface area (Å²) in [6.45, 7) is 2.63. The Morgan fingerprint density at radius 3 is 2.52 bits per heavy atom. The molecule has 0 aliphatic heterocycles. The van der Waals surface area contributed by atoms with Gasteiger partial charge in [-0.1, -0.05) is 54.1 Å². The van der Waals surface area contributed by atoms with Crippen molar-refractivity contribution in [3.8, 4) is 23.1 Å². The monoisotopic (exact) mass is 705 g/mol. The van der Waals surface area contributed by atoms with Crippen LogP contribution < -0.4 is 15.0 Å². The molecule has 0 aliphatic rings. The van der Waals surface area contributed by atoms with Crippen LogP contribution in [0.5, 0.6) is 11.5 Å². The second-order valence-electron chi connectivity index (χ2n) is 9.23. The number of halogens is 3. The van der Waals surface area contributed by atoms with Crippen LogP contribution in [0, 0.1) is 0 Å². The molecule has 42 heavy (non-hydrogen) atoms. The number of hydrogen-bond acceptors (Lipinski definition) is 6. The molecule has 6 rings (SSSR count). The number of rotatable bonds is 8. The first-order valence-electron chi connectivity index (χ1n) is 13.0. The van der Waals surface area contributed by atoms with E-state index in [0.717, 1.165) is 10.9 Å². The van der Waals surface area contributed by atoms with Crippen molar-refractivity contribution in [1.29, 1.82) is 0 Å². The van der Waals surface area contributed by atoms with Gasteiger partial charge >= 0.3 is 0 Å². The van der Waals surface area contributed by atoms with Crippen molar-refractivity contribution in [2.75, 3.05) is 6.61 Å². The van der Waals surface area contributed by atoms with Crippen molar-refractivity contribution in [3.63, 3.8) is 0 Å². The average Bonchev–Trinajstić information content (AvgIpc) is 3.44. The van der Waals surface area contributed by atoms with E-state index in [2.05, 4.69) is 37.0 Å². The number of fused-ring (bicyclic) bond motifs is 2. The lowest BCUT2D eigenvalue weighted by molar-refractivity contribution is 0.267. The molecule has 0 radical (unpaired) electrons. The summed E-state index contributed by atoms with van der Waals surface area (Å²) in [5, 5.41) is 6.60. The van der Waals surface area contributed by atoms with E-state index in [1.54, 1.807) is 30.5 Å². The van der Waals surface area contributed by atoms with Crippen molar-refractivity contribution >= 4 is 71.5 Å². The number of aromatic nitrogens is 2. The van der Waals surface area contributed by atoms with Crippen LogP contribution in [0.15, 0.2) is 108 Å². The second-order valence-corrected chi connectivity index (χ2v) is 11.3. The topological polar surface area (TPSA) is 78.9 Å². The Labute approximate surface area is 262 Å². The van der Waals surface area contributed by atoms with Crippen LogP contribution in [0.3, 0.4) is 0 Å². The lowest BCUT2D eigenvalue weighted by atomic mass is 10.2. The third-order valence-corrected chi connectivity index (χ3v) is 8.86. The molecule has 0 amide bonds. The smallest absolute Gasteiger partial charge is 0.282 e. The summed E-state index contributed by atoms with van der Waals surface area (Å²) in [6.07, 6.45) is 1.57. The molecule has 0 aliphatic carbocycles. The molecule has 0 atom stereocenters. The highest BCUT2D eigenvalue weighted by atomic mass is 79.9. The lowest BCUT2D eigenvalue weighted by Crippen LogP contribution is -2.20. The molecule has 0 unspecified atom stereocenters. The largest absolute Gasteiger partial charge is 0.490 e. The van der Waals surface area contributed by atoms with Gasteiger partial charge in [-0.3, -0.25) is 4.79 Å². The van der Waals surface area contributed by atoms with Crippen molar-refractivity contribution in [2.24, 2.45) is 5.10 Å². The fourth-order valence-corrected chi connectivity index (χ4v) is 5.50. The molecular weight excluding hydrogens is 686 g/mol. The maximum Gasteiger partial charge on any atom is 0.282 e. The van der Waals surface area contributed by atoms with Crippen LogP contribution in [-0.2, 0) is 6.61 Å². The molecule has 210 valence electrons. The number of para-hydroxylation sites is 2. The van der Waals surface area contributed by atoms with Crippen LogP contribution in [-0.4, -0.2) is 22.5 Å². The molecular formula is C32H22Br2ClN3O4. The summed E-state index contributed by atoms with van der Waals surface area (Å²) >= 11 is 13.3. The zero-order valence-corrected chi connectivity index (χ0v) is 26.1. The SMILES string of the molecule is CCOc1cc(C=Nn2c(-c3cc4ccccc4o3)nc3ccccc3c2=O)c(Br)c(Br)c1OCc1ccc(Cl)cc1.